The molecular formula is C15H14N2O. The molecule has 0 aromatic heterocycles. The first kappa shape index (κ1) is 11.0. The lowest BCUT2D eigenvalue weighted by Gasteiger charge is -2.30. The van der Waals surface area contributed by atoms with E-state index in [1.807, 2.05) is 60.7 Å². The van der Waals surface area contributed by atoms with Crippen LogP contribution in [0.3, 0.4) is 0 Å². The maximum atomic E-state index is 11.6. The van der Waals surface area contributed by atoms with Crippen LogP contribution in [0, 0.1) is 0 Å². The molecule has 1 amide bonds. The molecule has 0 atom stereocenters. The maximum Gasteiger partial charge on any atom is 0.236 e. The summed E-state index contributed by atoms with van der Waals surface area (Å²) < 4.78 is 0. The molecule has 0 saturated carbocycles. The number of amides is 1. The molecule has 3 rings (SSSR count). The zero-order valence-electron chi connectivity index (χ0n) is 9.89. The van der Waals surface area contributed by atoms with Gasteiger partial charge in [0, 0.05) is 0 Å². The van der Waals surface area contributed by atoms with E-state index < -0.39 is 5.66 Å². The predicted molar refractivity (Wildman–Crippen MR) is 69.8 cm³/mol. The minimum atomic E-state index is -0.598. The van der Waals surface area contributed by atoms with Gasteiger partial charge in [-0.25, -0.2) is 0 Å². The highest BCUT2D eigenvalue weighted by atomic mass is 16.2. The van der Waals surface area contributed by atoms with Crippen molar-refractivity contribution in [2.45, 2.75) is 5.66 Å². The Labute approximate surface area is 106 Å². The fourth-order valence-corrected chi connectivity index (χ4v) is 2.40. The first-order valence-electron chi connectivity index (χ1n) is 5.98. The summed E-state index contributed by atoms with van der Waals surface area (Å²) in [4.78, 5) is 11.6. The lowest BCUT2D eigenvalue weighted by Crippen LogP contribution is -2.47. The smallest absolute Gasteiger partial charge is 0.236 e. The Hall–Kier alpha value is -2.13. The van der Waals surface area contributed by atoms with E-state index in [9.17, 15) is 4.79 Å². The normalized spacial score (nSPS) is 17.4. The van der Waals surface area contributed by atoms with Crippen LogP contribution in [-0.2, 0) is 10.5 Å². The number of rotatable bonds is 2. The second kappa shape index (κ2) is 4.27. The molecule has 1 aliphatic heterocycles. The van der Waals surface area contributed by atoms with Crippen molar-refractivity contribution in [3.8, 4) is 0 Å². The van der Waals surface area contributed by atoms with E-state index in [-0.39, 0.29) is 5.91 Å². The first-order valence-corrected chi connectivity index (χ1v) is 5.98. The van der Waals surface area contributed by atoms with Crippen LogP contribution in [0.5, 0.6) is 0 Å². The molecule has 3 nitrogen and oxygen atoms in total. The van der Waals surface area contributed by atoms with Crippen LogP contribution in [0.2, 0.25) is 0 Å². The zero-order valence-corrected chi connectivity index (χ0v) is 9.89. The summed E-state index contributed by atoms with van der Waals surface area (Å²) in [5, 5.41) is 6.34. The van der Waals surface area contributed by atoms with Crippen LogP contribution in [0.4, 0.5) is 0 Å². The molecular weight excluding hydrogens is 224 g/mol. The molecule has 0 unspecified atom stereocenters. The minimum Gasteiger partial charge on any atom is -0.329 e. The van der Waals surface area contributed by atoms with E-state index in [1.165, 1.54) is 0 Å². The van der Waals surface area contributed by atoms with E-state index in [4.69, 9.17) is 0 Å². The third-order valence-electron chi connectivity index (χ3n) is 3.25. The third kappa shape index (κ3) is 1.69. The lowest BCUT2D eigenvalue weighted by atomic mass is 9.92. The van der Waals surface area contributed by atoms with Gasteiger partial charge in [-0.2, -0.15) is 0 Å². The monoisotopic (exact) mass is 238 g/mol. The Morgan fingerprint density at radius 2 is 1.33 bits per heavy atom. The molecule has 1 aliphatic rings. The maximum absolute atomic E-state index is 11.6. The summed E-state index contributed by atoms with van der Waals surface area (Å²) >= 11 is 0. The molecule has 1 saturated heterocycles. The summed E-state index contributed by atoms with van der Waals surface area (Å²) in [7, 11) is 0. The Morgan fingerprint density at radius 3 is 1.72 bits per heavy atom. The van der Waals surface area contributed by atoms with Crippen molar-refractivity contribution in [2.75, 3.05) is 6.54 Å². The largest absolute Gasteiger partial charge is 0.329 e. The number of benzene rings is 2. The van der Waals surface area contributed by atoms with Crippen molar-refractivity contribution in [1.29, 1.82) is 0 Å². The topological polar surface area (TPSA) is 41.1 Å². The van der Waals surface area contributed by atoms with Crippen molar-refractivity contribution in [3.05, 3.63) is 71.8 Å². The Kier molecular flexibility index (Phi) is 2.61. The van der Waals surface area contributed by atoms with Crippen molar-refractivity contribution >= 4 is 5.91 Å². The highest BCUT2D eigenvalue weighted by Crippen LogP contribution is 2.28. The number of carbonyl (C=O) groups is 1. The summed E-state index contributed by atoms with van der Waals surface area (Å²) in [6, 6.07) is 19.9. The molecule has 1 heterocycles. The van der Waals surface area contributed by atoms with Crippen LogP contribution in [0.1, 0.15) is 11.1 Å². The Morgan fingerprint density at radius 1 is 0.833 bits per heavy atom. The second-order valence-corrected chi connectivity index (χ2v) is 4.38. The number of carbonyl (C=O) groups excluding carboxylic acids is 1. The molecule has 0 spiro atoms. The Bertz CT molecular complexity index is 512. The summed E-state index contributed by atoms with van der Waals surface area (Å²) in [5.41, 5.74) is 1.49. The average Bonchev–Trinajstić information content (AvgIpc) is 2.84. The van der Waals surface area contributed by atoms with Crippen LogP contribution in [0.25, 0.3) is 0 Å². The summed E-state index contributed by atoms with van der Waals surface area (Å²) in [5.74, 6) is 0.0164. The fourth-order valence-electron chi connectivity index (χ4n) is 2.40. The average molecular weight is 238 g/mol. The second-order valence-electron chi connectivity index (χ2n) is 4.38. The first-order chi connectivity index (χ1) is 8.81. The molecule has 3 heteroatoms. The molecule has 0 aliphatic carbocycles. The molecule has 0 radical (unpaired) electrons. The fraction of sp³-hybridized carbons (Fsp3) is 0.133. The van der Waals surface area contributed by atoms with Gasteiger partial charge >= 0.3 is 0 Å². The standard InChI is InChI=1S/C15H14N2O/c18-14-11-16-15(17-14,12-7-3-1-4-8-12)13-9-5-2-6-10-13/h1-10,16H,11H2,(H,17,18). The highest BCUT2D eigenvalue weighted by molar-refractivity contribution is 5.82. The van der Waals surface area contributed by atoms with Gasteiger partial charge in [0.05, 0.1) is 6.54 Å². The van der Waals surface area contributed by atoms with E-state index in [0.29, 0.717) is 6.54 Å². The van der Waals surface area contributed by atoms with E-state index in [1.54, 1.807) is 0 Å². The van der Waals surface area contributed by atoms with Crippen LogP contribution in [-0.4, -0.2) is 12.5 Å². The van der Waals surface area contributed by atoms with Crippen molar-refractivity contribution < 1.29 is 4.79 Å². The van der Waals surface area contributed by atoms with Gasteiger partial charge in [0.15, 0.2) is 0 Å². The molecule has 18 heavy (non-hydrogen) atoms. The van der Waals surface area contributed by atoms with Crippen LogP contribution < -0.4 is 10.6 Å². The zero-order chi connectivity index (χ0) is 12.4. The molecule has 0 bridgehead atoms. The van der Waals surface area contributed by atoms with Crippen molar-refractivity contribution in [1.82, 2.24) is 10.6 Å². The number of hydrogen-bond acceptors (Lipinski definition) is 2. The van der Waals surface area contributed by atoms with E-state index >= 15 is 0 Å². The lowest BCUT2D eigenvalue weighted by molar-refractivity contribution is -0.118. The van der Waals surface area contributed by atoms with E-state index in [2.05, 4.69) is 10.6 Å². The predicted octanol–water partition coefficient (Wildman–Crippen LogP) is 1.61. The summed E-state index contributed by atoms with van der Waals surface area (Å²) in [6.07, 6.45) is 0. The highest BCUT2D eigenvalue weighted by Gasteiger charge is 2.40. The van der Waals surface area contributed by atoms with Gasteiger partial charge < -0.3 is 5.32 Å². The van der Waals surface area contributed by atoms with Gasteiger partial charge in [-0.1, -0.05) is 60.7 Å². The number of hydrogen-bond donors (Lipinski definition) is 2. The van der Waals surface area contributed by atoms with Crippen LogP contribution >= 0.6 is 0 Å². The summed E-state index contributed by atoms with van der Waals surface area (Å²) in [6.45, 7) is 0.337. The van der Waals surface area contributed by atoms with Crippen molar-refractivity contribution in [2.24, 2.45) is 0 Å². The quantitative estimate of drug-likeness (QED) is 0.834. The molecule has 2 aromatic rings. The van der Waals surface area contributed by atoms with E-state index in [0.717, 1.165) is 11.1 Å². The van der Waals surface area contributed by atoms with Crippen LogP contribution in [0.15, 0.2) is 60.7 Å². The minimum absolute atomic E-state index is 0.0164. The molecule has 2 N–H and O–H groups in total. The molecule has 1 fully saturated rings. The number of nitrogens with one attached hydrogen (secondary N) is 2. The van der Waals surface area contributed by atoms with Gasteiger partial charge in [-0.3, -0.25) is 10.1 Å². The SMILES string of the molecule is O=C1CNC(c2ccccc2)(c2ccccc2)N1. The molecule has 2 aromatic carbocycles. The van der Waals surface area contributed by atoms with Gasteiger partial charge in [-0.05, 0) is 11.1 Å². The van der Waals surface area contributed by atoms with Gasteiger partial charge in [0.2, 0.25) is 5.91 Å². The van der Waals surface area contributed by atoms with Gasteiger partial charge in [0.25, 0.3) is 0 Å². The Balaban J connectivity index is 2.14. The molecule has 90 valence electrons. The van der Waals surface area contributed by atoms with Gasteiger partial charge in [-0.15, -0.1) is 0 Å². The van der Waals surface area contributed by atoms with Crippen molar-refractivity contribution in [3.63, 3.8) is 0 Å². The third-order valence-corrected chi connectivity index (χ3v) is 3.25. The van der Waals surface area contributed by atoms with Gasteiger partial charge in [0.1, 0.15) is 5.66 Å².